The van der Waals surface area contributed by atoms with Gasteiger partial charge in [0.2, 0.25) is 0 Å². The van der Waals surface area contributed by atoms with E-state index in [0.29, 0.717) is 17.4 Å². The molecule has 0 saturated carbocycles. The van der Waals surface area contributed by atoms with E-state index in [0.717, 1.165) is 44.3 Å². The number of fused-ring (bicyclic) bond motifs is 1. The summed E-state index contributed by atoms with van der Waals surface area (Å²) >= 11 is 0. The number of nitrogens with zero attached hydrogens (tertiary/aromatic N) is 4. The molecular formula is C18H28N6O3. The lowest BCUT2D eigenvalue weighted by molar-refractivity contribution is -0.144. The summed E-state index contributed by atoms with van der Waals surface area (Å²) in [4.78, 5) is 20.4. The first-order valence-electron chi connectivity index (χ1n) is 9.49. The van der Waals surface area contributed by atoms with Gasteiger partial charge in [0.15, 0.2) is 11.5 Å². The summed E-state index contributed by atoms with van der Waals surface area (Å²) < 4.78 is 12.4. The number of aromatic nitrogens is 4. The molecule has 1 saturated heterocycles. The van der Waals surface area contributed by atoms with Gasteiger partial charge in [-0.15, -0.1) is 5.10 Å². The second-order valence-electron chi connectivity index (χ2n) is 7.11. The lowest BCUT2D eigenvalue weighted by Gasteiger charge is -2.28. The predicted octanol–water partition coefficient (Wildman–Crippen LogP) is 1.36. The number of piperidine rings is 1. The quantitative estimate of drug-likeness (QED) is 0.696. The Kier molecular flexibility index (Phi) is 6.10. The molecule has 1 aliphatic heterocycles. The van der Waals surface area contributed by atoms with Crippen LogP contribution in [0.2, 0.25) is 0 Å². The smallest absolute Gasteiger partial charge is 0.336 e. The standard InChI is InChI=1S/C18H28N6O3/c1-4-5-11(2)27-18-22-15(19)16-21-10-13(24(16)23-18)8-12-6-7-20-14(9-12)17(25)26-3/h10-12,14,20H,4-9H2,1-3H3,(H2,19,22,23)/t11-,12?,14?/m0/s1. The molecule has 27 heavy (non-hydrogen) atoms. The van der Waals surface area contributed by atoms with E-state index in [2.05, 4.69) is 27.3 Å². The van der Waals surface area contributed by atoms with E-state index in [1.54, 1.807) is 10.7 Å². The SMILES string of the molecule is CCC[C@H](C)Oc1nc(N)c2ncc(CC3CCNC(C(=O)OC)C3)n2n1. The Labute approximate surface area is 158 Å². The normalized spacial score (nSPS) is 21.1. The van der Waals surface area contributed by atoms with Crippen LogP contribution in [0.25, 0.3) is 5.65 Å². The second-order valence-corrected chi connectivity index (χ2v) is 7.11. The molecule has 0 radical (unpaired) electrons. The third kappa shape index (κ3) is 4.47. The highest BCUT2D eigenvalue weighted by molar-refractivity contribution is 5.75. The van der Waals surface area contributed by atoms with Crippen LogP contribution in [0.3, 0.4) is 0 Å². The summed E-state index contributed by atoms with van der Waals surface area (Å²) in [5.74, 6) is 0.410. The Hall–Kier alpha value is -2.42. The molecule has 2 unspecified atom stereocenters. The highest BCUT2D eigenvalue weighted by Gasteiger charge is 2.28. The van der Waals surface area contributed by atoms with Gasteiger partial charge in [0.25, 0.3) is 0 Å². The molecule has 2 aromatic heterocycles. The molecule has 0 aromatic carbocycles. The maximum Gasteiger partial charge on any atom is 0.336 e. The molecule has 0 spiro atoms. The van der Waals surface area contributed by atoms with Crippen LogP contribution in [0.4, 0.5) is 5.82 Å². The van der Waals surface area contributed by atoms with Crippen molar-refractivity contribution >= 4 is 17.4 Å². The Balaban J connectivity index is 1.78. The number of ether oxygens (including phenoxy) is 2. The summed E-state index contributed by atoms with van der Waals surface area (Å²) in [5, 5.41) is 7.69. The van der Waals surface area contributed by atoms with Gasteiger partial charge in [0.05, 0.1) is 25.1 Å². The van der Waals surface area contributed by atoms with Crippen molar-refractivity contribution in [2.45, 2.75) is 58.1 Å². The minimum Gasteiger partial charge on any atom is -0.468 e. The van der Waals surface area contributed by atoms with Crippen molar-refractivity contribution < 1.29 is 14.3 Å². The fourth-order valence-electron chi connectivity index (χ4n) is 3.56. The molecule has 3 heterocycles. The van der Waals surface area contributed by atoms with Crippen molar-refractivity contribution in [3.63, 3.8) is 0 Å². The topological polar surface area (TPSA) is 117 Å². The van der Waals surface area contributed by atoms with Crippen LogP contribution < -0.4 is 15.8 Å². The number of nitrogens with one attached hydrogen (secondary N) is 1. The van der Waals surface area contributed by atoms with Crippen LogP contribution in [-0.4, -0.2) is 51.4 Å². The number of hydrogen-bond donors (Lipinski definition) is 2. The molecule has 1 aliphatic rings. The van der Waals surface area contributed by atoms with Crippen LogP contribution in [0, 0.1) is 5.92 Å². The van der Waals surface area contributed by atoms with Gasteiger partial charge in [0, 0.05) is 0 Å². The fourth-order valence-corrected chi connectivity index (χ4v) is 3.56. The van der Waals surface area contributed by atoms with Crippen molar-refractivity contribution in [2.75, 3.05) is 19.4 Å². The maximum absolute atomic E-state index is 11.8. The van der Waals surface area contributed by atoms with Crippen molar-refractivity contribution in [2.24, 2.45) is 5.92 Å². The van der Waals surface area contributed by atoms with Crippen molar-refractivity contribution in [1.82, 2.24) is 24.9 Å². The first-order chi connectivity index (χ1) is 13.0. The molecule has 0 aliphatic carbocycles. The fraction of sp³-hybridized carbons (Fsp3) is 0.667. The lowest BCUT2D eigenvalue weighted by Crippen LogP contribution is -2.44. The van der Waals surface area contributed by atoms with Crippen LogP contribution in [-0.2, 0) is 16.0 Å². The molecule has 0 amide bonds. The van der Waals surface area contributed by atoms with E-state index in [1.165, 1.54) is 7.11 Å². The van der Waals surface area contributed by atoms with Crippen LogP contribution >= 0.6 is 0 Å². The van der Waals surface area contributed by atoms with Gasteiger partial charge in [-0.25, -0.2) is 9.50 Å². The molecule has 3 N–H and O–H groups in total. The first-order valence-corrected chi connectivity index (χ1v) is 9.49. The van der Waals surface area contributed by atoms with E-state index in [9.17, 15) is 4.79 Å². The van der Waals surface area contributed by atoms with Crippen molar-refractivity contribution in [3.05, 3.63) is 11.9 Å². The minimum absolute atomic E-state index is 0.0176. The third-order valence-electron chi connectivity index (χ3n) is 4.94. The van der Waals surface area contributed by atoms with Gasteiger partial charge in [-0.05, 0) is 45.1 Å². The van der Waals surface area contributed by atoms with Gasteiger partial charge in [-0.1, -0.05) is 13.3 Å². The zero-order valence-electron chi connectivity index (χ0n) is 16.1. The Morgan fingerprint density at radius 3 is 3.07 bits per heavy atom. The maximum atomic E-state index is 11.8. The number of carbonyl (C=O) groups excluding carboxylic acids is 1. The number of imidazole rings is 1. The number of esters is 1. The summed E-state index contributed by atoms with van der Waals surface area (Å²) in [5.41, 5.74) is 7.51. The van der Waals surface area contributed by atoms with Gasteiger partial charge in [-0.2, -0.15) is 4.98 Å². The number of nitrogens with two attached hydrogens (primary N) is 1. The molecule has 3 atom stereocenters. The monoisotopic (exact) mass is 376 g/mol. The average Bonchev–Trinajstić information content (AvgIpc) is 3.04. The van der Waals surface area contributed by atoms with Gasteiger partial charge in [-0.3, -0.25) is 4.79 Å². The number of nitrogen functional groups attached to an aromatic ring is 1. The van der Waals surface area contributed by atoms with E-state index in [1.807, 2.05) is 6.92 Å². The first kappa shape index (κ1) is 19.3. The average molecular weight is 376 g/mol. The van der Waals surface area contributed by atoms with E-state index < -0.39 is 0 Å². The van der Waals surface area contributed by atoms with Crippen LogP contribution in [0.15, 0.2) is 6.20 Å². The summed E-state index contributed by atoms with van der Waals surface area (Å²) in [6.07, 6.45) is 6.17. The summed E-state index contributed by atoms with van der Waals surface area (Å²) in [6, 6.07) is -0.000586. The van der Waals surface area contributed by atoms with Crippen LogP contribution in [0.1, 0.15) is 45.2 Å². The third-order valence-corrected chi connectivity index (χ3v) is 4.94. The largest absolute Gasteiger partial charge is 0.468 e. The van der Waals surface area contributed by atoms with Crippen molar-refractivity contribution in [1.29, 1.82) is 0 Å². The molecular weight excluding hydrogens is 348 g/mol. The Bertz CT molecular complexity index is 793. The van der Waals surface area contributed by atoms with E-state index >= 15 is 0 Å². The molecule has 0 bridgehead atoms. The highest BCUT2D eigenvalue weighted by Crippen LogP contribution is 2.23. The number of methoxy groups -OCH3 is 1. The minimum atomic E-state index is -0.263. The number of hydrogen-bond acceptors (Lipinski definition) is 8. The Morgan fingerprint density at radius 1 is 1.52 bits per heavy atom. The van der Waals surface area contributed by atoms with Gasteiger partial charge < -0.3 is 20.5 Å². The summed E-state index contributed by atoms with van der Waals surface area (Å²) in [7, 11) is 1.42. The number of anilines is 1. The zero-order chi connectivity index (χ0) is 19.4. The molecule has 3 rings (SSSR count). The second kappa shape index (κ2) is 8.51. The van der Waals surface area contributed by atoms with Crippen molar-refractivity contribution in [3.8, 4) is 6.01 Å². The number of carbonyl (C=O) groups is 1. The van der Waals surface area contributed by atoms with E-state index in [4.69, 9.17) is 15.2 Å². The molecule has 148 valence electrons. The lowest BCUT2D eigenvalue weighted by atomic mass is 9.89. The number of rotatable bonds is 7. The zero-order valence-corrected chi connectivity index (χ0v) is 16.1. The van der Waals surface area contributed by atoms with Crippen LogP contribution in [0.5, 0.6) is 6.01 Å². The molecule has 1 fully saturated rings. The Morgan fingerprint density at radius 2 is 2.33 bits per heavy atom. The van der Waals surface area contributed by atoms with E-state index in [-0.39, 0.29) is 24.1 Å². The van der Waals surface area contributed by atoms with Gasteiger partial charge in [0.1, 0.15) is 6.04 Å². The van der Waals surface area contributed by atoms with Gasteiger partial charge >= 0.3 is 12.0 Å². The highest BCUT2D eigenvalue weighted by atomic mass is 16.5. The predicted molar refractivity (Wildman–Crippen MR) is 100 cm³/mol. The molecule has 9 nitrogen and oxygen atoms in total. The summed E-state index contributed by atoms with van der Waals surface area (Å²) in [6.45, 7) is 4.87. The molecule has 2 aromatic rings. The molecule has 9 heteroatoms.